The molecule has 0 aliphatic rings. The highest BCUT2D eigenvalue weighted by molar-refractivity contribution is 6.32. The number of hydrogen-bond acceptors (Lipinski definition) is 3. The van der Waals surface area contributed by atoms with Crippen LogP contribution in [0.4, 0.5) is 5.69 Å². The van der Waals surface area contributed by atoms with Crippen molar-refractivity contribution in [2.75, 3.05) is 5.32 Å². The molecule has 0 unspecified atom stereocenters. The number of aromatic amines is 1. The third-order valence-corrected chi connectivity index (χ3v) is 3.86. The molecule has 0 radical (unpaired) electrons. The predicted molar refractivity (Wildman–Crippen MR) is 95.4 cm³/mol. The summed E-state index contributed by atoms with van der Waals surface area (Å²) in [6, 6.07) is 5.07. The minimum absolute atomic E-state index is 0.0116. The van der Waals surface area contributed by atoms with E-state index in [4.69, 9.17) is 16.3 Å². The second kappa shape index (κ2) is 7.09. The number of ketones is 1. The standard InChI is InChI=1S/C18H21ClN2O3/c1-9(2)24-15-7-6-13(8-14(15)19)21-18(23)17-10(3)16(12(5)22)11(4)20-17/h6-9,20H,1-5H3,(H,21,23). The summed E-state index contributed by atoms with van der Waals surface area (Å²) in [7, 11) is 0. The van der Waals surface area contributed by atoms with Crippen molar-refractivity contribution in [2.24, 2.45) is 0 Å². The van der Waals surface area contributed by atoms with Gasteiger partial charge in [-0.3, -0.25) is 9.59 Å². The lowest BCUT2D eigenvalue weighted by atomic mass is 10.1. The van der Waals surface area contributed by atoms with Crippen LogP contribution in [0.25, 0.3) is 0 Å². The highest BCUT2D eigenvalue weighted by Crippen LogP contribution is 2.29. The van der Waals surface area contributed by atoms with Crippen LogP contribution in [0.2, 0.25) is 5.02 Å². The van der Waals surface area contributed by atoms with E-state index >= 15 is 0 Å². The Balaban J connectivity index is 2.23. The molecule has 0 atom stereocenters. The van der Waals surface area contributed by atoms with E-state index in [0.29, 0.717) is 39.0 Å². The van der Waals surface area contributed by atoms with Gasteiger partial charge in [-0.05, 0) is 58.4 Å². The number of Topliss-reactive ketones (excluding diaryl/α,β-unsaturated/α-hetero) is 1. The largest absolute Gasteiger partial charge is 0.489 e. The first kappa shape index (κ1) is 18.1. The molecule has 6 heteroatoms. The van der Waals surface area contributed by atoms with Crippen molar-refractivity contribution in [1.29, 1.82) is 0 Å². The Hall–Kier alpha value is -2.27. The van der Waals surface area contributed by atoms with Gasteiger partial charge in [-0.25, -0.2) is 0 Å². The number of ether oxygens (including phenoxy) is 1. The molecule has 0 spiro atoms. The molecule has 1 heterocycles. The lowest BCUT2D eigenvalue weighted by molar-refractivity contribution is 0.101. The molecule has 24 heavy (non-hydrogen) atoms. The summed E-state index contributed by atoms with van der Waals surface area (Å²) < 4.78 is 5.57. The van der Waals surface area contributed by atoms with Crippen LogP contribution in [0.5, 0.6) is 5.75 Å². The number of aryl methyl sites for hydroxylation is 1. The third-order valence-electron chi connectivity index (χ3n) is 3.57. The first-order chi connectivity index (χ1) is 11.2. The molecule has 2 N–H and O–H groups in total. The number of carbonyl (C=O) groups is 2. The maximum atomic E-state index is 12.5. The van der Waals surface area contributed by atoms with E-state index in [9.17, 15) is 9.59 Å². The van der Waals surface area contributed by atoms with E-state index in [1.54, 1.807) is 32.0 Å². The maximum absolute atomic E-state index is 12.5. The number of nitrogens with one attached hydrogen (secondary N) is 2. The van der Waals surface area contributed by atoms with Gasteiger partial charge >= 0.3 is 0 Å². The van der Waals surface area contributed by atoms with Crippen molar-refractivity contribution >= 4 is 29.0 Å². The lowest BCUT2D eigenvalue weighted by Gasteiger charge is -2.12. The van der Waals surface area contributed by atoms with Crippen molar-refractivity contribution in [2.45, 2.75) is 40.7 Å². The van der Waals surface area contributed by atoms with Crippen molar-refractivity contribution < 1.29 is 14.3 Å². The van der Waals surface area contributed by atoms with E-state index < -0.39 is 0 Å². The summed E-state index contributed by atoms with van der Waals surface area (Å²) in [5, 5.41) is 3.20. The number of hydrogen-bond donors (Lipinski definition) is 2. The van der Waals surface area contributed by atoms with Gasteiger partial charge in [0, 0.05) is 16.9 Å². The Bertz CT molecular complexity index is 794. The summed E-state index contributed by atoms with van der Waals surface area (Å²) in [5.41, 5.74) is 2.81. The van der Waals surface area contributed by atoms with E-state index in [1.165, 1.54) is 6.92 Å². The van der Waals surface area contributed by atoms with Gasteiger partial charge in [0.25, 0.3) is 5.91 Å². The van der Waals surface area contributed by atoms with Crippen LogP contribution in [0, 0.1) is 13.8 Å². The van der Waals surface area contributed by atoms with Gasteiger partial charge < -0.3 is 15.0 Å². The van der Waals surface area contributed by atoms with Crippen LogP contribution in [-0.2, 0) is 0 Å². The normalized spacial score (nSPS) is 10.8. The van der Waals surface area contributed by atoms with E-state index in [0.717, 1.165) is 0 Å². The zero-order chi connectivity index (χ0) is 18.0. The van der Waals surface area contributed by atoms with Gasteiger partial charge in [0.2, 0.25) is 0 Å². The summed E-state index contributed by atoms with van der Waals surface area (Å²) in [4.78, 5) is 27.1. The molecule has 0 fully saturated rings. The lowest BCUT2D eigenvalue weighted by Crippen LogP contribution is -2.14. The summed E-state index contributed by atoms with van der Waals surface area (Å²) in [6.45, 7) is 8.83. The van der Waals surface area contributed by atoms with Crippen molar-refractivity contribution in [3.8, 4) is 5.75 Å². The van der Waals surface area contributed by atoms with Gasteiger partial charge in [0.05, 0.1) is 11.1 Å². The number of halogens is 1. The fraction of sp³-hybridized carbons (Fsp3) is 0.333. The fourth-order valence-electron chi connectivity index (χ4n) is 2.63. The minimum Gasteiger partial charge on any atom is -0.489 e. The maximum Gasteiger partial charge on any atom is 0.272 e. The van der Waals surface area contributed by atoms with Crippen LogP contribution in [0.1, 0.15) is 52.9 Å². The number of benzene rings is 1. The number of anilines is 1. The number of aromatic nitrogens is 1. The highest BCUT2D eigenvalue weighted by atomic mass is 35.5. The zero-order valence-corrected chi connectivity index (χ0v) is 15.2. The van der Waals surface area contributed by atoms with Crippen LogP contribution < -0.4 is 10.1 Å². The molecule has 2 aromatic rings. The molecule has 2 rings (SSSR count). The number of amides is 1. The average Bonchev–Trinajstić information content (AvgIpc) is 2.76. The van der Waals surface area contributed by atoms with Crippen LogP contribution in [-0.4, -0.2) is 22.8 Å². The third kappa shape index (κ3) is 3.79. The van der Waals surface area contributed by atoms with Gasteiger partial charge in [-0.2, -0.15) is 0 Å². The number of H-pyrrole nitrogens is 1. The highest BCUT2D eigenvalue weighted by Gasteiger charge is 2.20. The summed E-state index contributed by atoms with van der Waals surface area (Å²) in [6.07, 6.45) is 0.0116. The van der Waals surface area contributed by atoms with Crippen molar-refractivity contribution in [3.63, 3.8) is 0 Å². The first-order valence-corrected chi connectivity index (χ1v) is 8.06. The second-order valence-corrected chi connectivity index (χ2v) is 6.35. The second-order valence-electron chi connectivity index (χ2n) is 5.95. The van der Waals surface area contributed by atoms with Gasteiger partial charge in [-0.1, -0.05) is 11.6 Å². The minimum atomic E-state index is -0.323. The van der Waals surface area contributed by atoms with Crippen molar-refractivity contribution in [3.05, 3.63) is 45.7 Å². The molecule has 0 saturated heterocycles. The molecule has 1 amide bonds. The Kier molecular flexibility index (Phi) is 5.34. The first-order valence-electron chi connectivity index (χ1n) is 7.68. The smallest absolute Gasteiger partial charge is 0.272 e. The number of carbonyl (C=O) groups excluding carboxylic acids is 2. The molecule has 5 nitrogen and oxygen atoms in total. The SMILES string of the molecule is CC(=O)c1c(C)[nH]c(C(=O)Nc2ccc(OC(C)C)c(Cl)c2)c1C. The Morgan fingerprint density at radius 1 is 1.25 bits per heavy atom. The Morgan fingerprint density at radius 3 is 2.42 bits per heavy atom. The summed E-state index contributed by atoms with van der Waals surface area (Å²) >= 11 is 6.18. The van der Waals surface area contributed by atoms with E-state index in [2.05, 4.69) is 10.3 Å². The molecular formula is C18H21ClN2O3. The van der Waals surface area contributed by atoms with Crippen LogP contribution in [0.3, 0.4) is 0 Å². The van der Waals surface area contributed by atoms with Gasteiger partial charge in [0.15, 0.2) is 5.78 Å². The predicted octanol–water partition coefficient (Wildman–Crippen LogP) is 4.53. The topological polar surface area (TPSA) is 71.2 Å². The van der Waals surface area contributed by atoms with Gasteiger partial charge in [0.1, 0.15) is 11.4 Å². The molecule has 1 aromatic carbocycles. The van der Waals surface area contributed by atoms with Crippen LogP contribution in [0.15, 0.2) is 18.2 Å². The Morgan fingerprint density at radius 2 is 1.92 bits per heavy atom. The van der Waals surface area contributed by atoms with E-state index in [-0.39, 0.29) is 17.8 Å². The average molecular weight is 349 g/mol. The zero-order valence-electron chi connectivity index (χ0n) is 14.4. The molecule has 0 aliphatic carbocycles. The Labute approximate surface area is 146 Å². The van der Waals surface area contributed by atoms with E-state index in [1.807, 2.05) is 13.8 Å². The van der Waals surface area contributed by atoms with Gasteiger partial charge in [-0.15, -0.1) is 0 Å². The quantitative estimate of drug-likeness (QED) is 0.780. The van der Waals surface area contributed by atoms with Crippen LogP contribution >= 0.6 is 11.6 Å². The van der Waals surface area contributed by atoms with Crippen molar-refractivity contribution in [1.82, 2.24) is 4.98 Å². The molecular weight excluding hydrogens is 328 g/mol. The summed E-state index contributed by atoms with van der Waals surface area (Å²) in [5.74, 6) is 0.172. The molecule has 0 bridgehead atoms. The number of rotatable bonds is 5. The monoisotopic (exact) mass is 348 g/mol. The molecule has 0 saturated carbocycles. The molecule has 0 aliphatic heterocycles. The molecule has 128 valence electrons. The molecule has 1 aromatic heterocycles. The fourth-order valence-corrected chi connectivity index (χ4v) is 2.85.